The van der Waals surface area contributed by atoms with E-state index in [9.17, 15) is 14.0 Å². The Morgan fingerprint density at radius 2 is 1.70 bits per heavy atom. The number of carbonyl (C=O) groups excluding carboxylic acids is 2. The maximum absolute atomic E-state index is 13.1. The van der Waals surface area contributed by atoms with E-state index in [0.717, 1.165) is 5.56 Å². The minimum Gasteiger partial charge on any atom is -0.494 e. The zero-order valence-electron chi connectivity index (χ0n) is 16.1. The summed E-state index contributed by atoms with van der Waals surface area (Å²) < 4.78 is 18.7. The number of nitrogens with zero attached hydrogens (tertiary/aromatic N) is 1. The summed E-state index contributed by atoms with van der Waals surface area (Å²) in [5.41, 5.74) is 1.55. The summed E-state index contributed by atoms with van der Waals surface area (Å²) in [6.45, 7) is 6.42. The Kier molecular flexibility index (Phi) is 7.53. The Labute approximate surface area is 159 Å². The van der Waals surface area contributed by atoms with E-state index >= 15 is 0 Å². The van der Waals surface area contributed by atoms with Crippen LogP contribution in [0.1, 0.15) is 55.6 Å². The number of hydrogen-bond acceptors (Lipinski definition) is 3. The summed E-state index contributed by atoms with van der Waals surface area (Å²) in [5, 5.41) is 0. The van der Waals surface area contributed by atoms with E-state index in [-0.39, 0.29) is 23.5 Å². The first-order chi connectivity index (χ1) is 12.9. The fourth-order valence-corrected chi connectivity index (χ4v) is 2.93. The highest BCUT2D eigenvalue weighted by Crippen LogP contribution is 2.21. The van der Waals surface area contributed by atoms with Gasteiger partial charge in [0.25, 0.3) is 0 Å². The lowest BCUT2D eigenvalue weighted by Gasteiger charge is -2.28. The van der Waals surface area contributed by atoms with Gasteiger partial charge in [-0.3, -0.25) is 9.59 Å². The van der Waals surface area contributed by atoms with Gasteiger partial charge in [0.1, 0.15) is 11.6 Å². The van der Waals surface area contributed by atoms with Crippen molar-refractivity contribution in [2.45, 2.75) is 39.7 Å². The Morgan fingerprint density at radius 1 is 1.07 bits per heavy atom. The number of ketones is 1. The van der Waals surface area contributed by atoms with Crippen molar-refractivity contribution < 1.29 is 18.7 Å². The number of benzene rings is 2. The summed E-state index contributed by atoms with van der Waals surface area (Å²) in [5.74, 6) is 0.459. The van der Waals surface area contributed by atoms with Crippen LogP contribution in [-0.4, -0.2) is 29.7 Å². The van der Waals surface area contributed by atoms with Crippen LogP contribution in [0.4, 0.5) is 4.39 Å². The van der Waals surface area contributed by atoms with E-state index in [1.54, 1.807) is 41.3 Å². The van der Waals surface area contributed by atoms with E-state index in [4.69, 9.17) is 4.74 Å². The molecule has 0 saturated heterocycles. The Balaban J connectivity index is 1.82. The molecule has 144 valence electrons. The van der Waals surface area contributed by atoms with Crippen LogP contribution >= 0.6 is 0 Å². The molecule has 27 heavy (non-hydrogen) atoms. The van der Waals surface area contributed by atoms with Gasteiger partial charge in [-0.15, -0.1) is 0 Å². The van der Waals surface area contributed by atoms with Gasteiger partial charge in [0.15, 0.2) is 5.78 Å². The second-order valence-electron chi connectivity index (χ2n) is 6.44. The van der Waals surface area contributed by atoms with Crippen molar-refractivity contribution in [1.29, 1.82) is 0 Å². The fourth-order valence-electron chi connectivity index (χ4n) is 2.93. The molecule has 4 nitrogen and oxygen atoms in total. The number of halogens is 1. The molecule has 2 rings (SSSR count). The van der Waals surface area contributed by atoms with Gasteiger partial charge >= 0.3 is 0 Å². The third-order valence-electron chi connectivity index (χ3n) is 4.55. The highest BCUT2D eigenvalue weighted by molar-refractivity contribution is 5.94. The number of carbonyl (C=O) groups is 2. The predicted octanol–water partition coefficient (Wildman–Crippen LogP) is 4.80. The van der Waals surface area contributed by atoms with E-state index in [1.165, 1.54) is 19.1 Å². The number of hydrogen-bond donors (Lipinski definition) is 0. The second-order valence-corrected chi connectivity index (χ2v) is 6.44. The molecule has 0 aliphatic rings. The minimum absolute atomic E-state index is 0.0158. The standard InChI is InChI=1S/C22H26FNO3/c1-4-24(16(2)18-7-11-20(23)12-8-18)22(26)6-5-15-27-21-13-9-19(10-14-21)17(3)25/h7-14,16H,4-6,15H2,1-3H3. The van der Waals surface area contributed by atoms with Gasteiger partial charge in [-0.1, -0.05) is 12.1 Å². The smallest absolute Gasteiger partial charge is 0.223 e. The van der Waals surface area contributed by atoms with Gasteiger partial charge in [-0.05, 0) is 69.2 Å². The van der Waals surface area contributed by atoms with Gasteiger partial charge < -0.3 is 9.64 Å². The molecule has 0 fully saturated rings. The molecule has 0 aliphatic carbocycles. The molecule has 0 spiro atoms. The van der Waals surface area contributed by atoms with Crippen molar-refractivity contribution in [2.24, 2.45) is 0 Å². The van der Waals surface area contributed by atoms with Gasteiger partial charge in [-0.2, -0.15) is 0 Å². The fraction of sp³-hybridized carbons (Fsp3) is 0.364. The lowest BCUT2D eigenvalue weighted by atomic mass is 10.1. The van der Waals surface area contributed by atoms with E-state index < -0.39 is 0 Å². The summed E-state index contributed by atoms with van der Waals surface area (Å²) >= 11 is 0. The Bertz CT molecular complexity index is 756. The van der Waals surface area contributed by atoms with Crippen molar-refractivity contribution >= 4 is 11.7 Å². The number of rotatable bonds is 9. The number of ether oxygens (including phenoxy) is 1. The van der Waals surface area contributed by atoms with Crippen LogP contribution in [0.25, 0.3) is 0 Å². The van der Waals surface area contributed by atoms with Crippen molar-refractivity contribution in [1.82, 2.24) is 4.90 Å². The first-order valence-corrected chi connectivity index (χ1v) is 9.21. The summed E-state index contributed by atoms with van der Waals surface area (Å²) in [6, 6.07) is 13.1. The summed E-state index contributed by atoms with van der Waals surface area (Å²) in [4.78, 5) is 25.6. The Morgan fingerprint density at radius 3 is 2.26 bits per heavy atom. The molecule has 0 bridgehead atoms. The molecule has 0 radical (unpaired) electrons. The van der Waals surface area contributed by atoms with Crippen molar-refractivity contribution in [2.75, 3.05) is 13.2 Å². The highest BCUT2D eigenvalue weighted by Gasteiger charge is 2.19. The molecular weight excluding hydrogens is 345 g/mol. The third kappa shape index (κ3) is 5.91. The minimum atomic E-state index is -0.284. The van der Waals surface area contributed by atoms with Crippen molar-refractivity contribution in [3.8, 4) is 5.75 Å². The highest BCUT2D eigenvalue weighted by atomic mass is 19.1. The molecule has 1 amide bonds. The molecule has 0 aromatic heterocycles. The van der Waals surface area contributed by atoms with E-state index in [1.807, 2.05) is 13.8 Å². The van der Waals surface area contributed by atoms with E-state index in [2.05, 4.69) is 0 Å². The molecule has 5 heteroatoms. The molecule has 1 atom stereocenters. The maximum atomic E-state index is 13.1. The number of amides is 1. The topological polar surface area (TPSA) is 46.6 Å². The zero-order valence-corrected chi connectivity index (χ0v) is 16.1. The van der Waals surface area contributed by atoms with Crippen LogP contribution in [0.2, 0.25) is 0 Å². The average Bonchev–Trinajstić information content (AvgIpc) is 2.66. The van der Waals surface area contributed by atoms with Crippen LogP contribution < -0.4 is 4.74 Å². The lowest BCUT2D eigenvalue weighted by Crippen LogP contribution is -2.33. The monoisotopic (exact) mass is 371 g/mol. The van der Waals surface area contributed by atoms with Crippen LogP contribution in [0, 0.1) is 5.82 Å². The quantitative estimate of drug-likeness (QED) is 0.470. The SMILES string of the molecule is CCN(C(=O)CCCOc1ccc(C(C)=O)cc1)C(C)c1ccc(F)cc1. The molecule has 0 saturated carbocycles. The first kappa shape index (κ1) is 20.6. The lowest BCUT2D eigenvalue weighted by molar-refractivity contribution is -0.133. The Hall–Kier alpha value is -2.69. The van der Waals surface area contributed by atoms with Crippen molar-refractivity contribution in [3.63, 3.8) is 0 Å². The molecule has 0 aliphatic heterocycles. The second kappa shape index (κ2) is 9.86. The summed E-state index contributed by atoms with van der Waals surface area (Å²) in [6.07, 6.45) is 0.977. The van der Waals surface area contributed by atoms with Gasteiger partial charge in [0, 0.05) is 18.5 Å². The molecule has 2 aromatic rings. The van der Waals surface area contributed by atoms with Crippen LogP contribution in [-0.2, 0) is 4.79 Å². The molecule has 0 heterocycles. The third-order valence-corrected chi connectivity index (χ3v) is 4.55. The zero-order chi connectivity index (χ0) is 19.8. The number of Topliss-reactive ketones (excluding diaryl/α,β-unsaturated/α-hetero) is 1. The predicted molar refractivity (Wildman–Crippen MR) is 103 cm³/mol. The molecule has 0 N–H and O–H groups in total. The van der Waals surface area contributed by atoms with Gasteiger partial charge in [0.2, 0.25) is 5.91 Å². The molecule has 2 aromatic carbocycles. The van der Waals surface area contributed by atoms with E-state index in [0.29, 0.717) is 37.3 Å². The first-order valence-electron chi connectivity index (χ1n) is 9.21. The molecule has 1 unspecified atom stereocenters. The van der Waals surface area contributed by atoms with Crippen LogP contribution in [0.15, 0.2) is 48.5 Å². The largest absolute Gasteiger partial charge is 0.494 e. The normalized spacial score (nSPS) is 11.7. The molecular formula is C22H26FNO3. The van der Waals surface area contributed by atoms with Crippen LogP contribution in [0.3, 0.4) is 0 Å². The van der Waals surface area contributed by atoms with Crippen LogP contribution in [0.5, 0.6) is 5.75 Å². The maximum Gasteiger partial charge on any atom is 0.223 e. The van der Waals surface area contributed by atoms with Crippen molar-refractivity contribution in [3.05, 3.63) is 65.5 Å². The average molecular weight is 371 g/mol. The van der Waals surface area contributed by atoms with Gasteiger partial charge in [0.05, 0.1) is 12.6 Å². The summed E-state index contributed by atoms with van der Waals surface area (Å²) in [7, 11) is 0. The van der Waals surface area contributed by atoms with Gasteiger partial charge in [-0.25, -0.2) is 4.39 Å².